The maximum absolute atomic E-state index is 13.0. The second-order valence-electron chi connectivity index (χ2n) is 7.43. The first kappa shape index (κ1) is 19.4. The zero-order valence-electron chi connectivity index (χ0n) is 15.6. The van der Waals surface area contributed by atoms with Gasteiger partial charge in [-0.2, -0.15) is 0 Å². The fourth-order valence-corrected chi connectivity index (χ4v) is 3.51. The molecule has 1 unspecified atom stereocenters. The molecule has 0 saturated carbocycles. The smallest absolute Gasteiger partial charge is 0.240 e. The van der Waals surface area contributed by atoms with Crippen molar-refractivity contribution in [1.82, 2.24) is 5.32 Å². The molecule has 0 aliphatic carbocycles. The van der Waals surface area contributed by atoms with E-state index in [9.17, 15) is 14.0 Å². The monoisotopic (exact) mass is 388 g/mol. The van der Waals surface area contributed by atoms with Gasteiger partial charge in [0.15, 0.2) is 0 Å². The van der Waals surface area contributed by atoms with E-state index in [4.69, 9.17) is 11.6 Å². The highest BCUT2D eigenvalue weighted by atomic mass is 35.5. The minimum Gasteiger partial charge on any atom is -0.354 e. The van der Waals surface area contributed by atoms with E-state index in [-0.39, 0.29) is 30.1 Å². The largest absolute Gasteiger partial charge is 0.354 e. The second kappa shape index (κ2) is 7.31. The molecular weight excluding hydrogens is 367 g/mol. The van der Waals surface area contributed by atoms with E-state index in [0.717, 1.165) is 16.8 Å². The summed E-state index contributed by atoms with van der Waals surface area (Å²) in [5, 5.41) is 3.42. The lowest BCUT2D eigenvalue weighted by molar-refractivity contribution is -0.125. The first-order valence-corrected chi connectivity index (χ1v) is 9.22. The predicted molar refractivity (Wildman–Crippen MR) is 105 cm³/mol. The van der Waals surface area contributed by atoms with Crippen molar-refractivity contribution >= 4 is 29.1 Å². The Morgan fingerprint density at radius 2 is 1.89 bits per heavy atom. The molecule has 1 heterocycles. The summed E-state index contributed by atoms with van der Waals surface area (Å²) in [4.78, 5) is 26.7. The van der Waals surface area contributed by atoms with Crippen LogP contribution in [0.5, 0.6) is 0 Å². The van der Waals surface area contributed by atoms with Gasteiger partial charge in [0.1, 0.15) is 12.4 Å². The Balaban J connectivity index is 1.66. The molecule has 0 aromatic heterocycles. The highest BCUT2D eigenvalue weighted by Crippen LogP contribution is 2.42. The number of nitrogens with zero attached hydrogens (tertiary/aromatic N) is 1. The number of carbonyl (C=O) groups excluding carboxylic acids is 2. The molecule has 2 aromatic rings. The fourth-order valence-electron chi connectivity index (χ4n) is 3.34. The number of nitrogens with one attached hydrogen (secondary N) is 1. The van der Waals surface area contributed by atoms with Crippen LogP contribution in [0, 0.1) is 5.82 Å². The fraction of sp³-hybridized carbons (Fsp3) is 0.333. The zero-order valence-corrected chi connectivity index (χ0v) is 16.3. The summed E-state index contributed by atoms with van der Waals surface area (Å²) in [7, 11) is 0. The van der Waals surface area contributed by atoms with Crippen LogP contribution in [0.25, 0.3) is 0 Å². The Labute approximate surface area is 163 Å². The van der Waals surface area contributed by atoms with E-state index < -0.39 is 5.41 Å². The van der Waals surface area contributed by atoms with E-state index in [0.29, 0.717) is 11.6 Å². The van der Waals surface area contributed by atoms with Gasteiger partial charge in [0, 0.05) is 17.3 Å². The topological polar surface area (TPSA) is 49.4 Å². The number of benzene rings is 2. The number of halogens is 2. The van der Waals surface area contributed by atoms with E-state index >= 15 is 0 Å². The molecule has 2 aromatic carbocycles. The third-order valence-electron chi connectivity index (χ3n) is 5.05. The first-order chi connectivity index (χ1) is 12.7. The number of anilines is 1. The van der Waals surface area contributed by atoms with Gasteiger partial charge < -0.3 is 10.2 Å². The Morgan fingerprint density at radius 3 is 2.56 bits per heavy atom. The van der Waals surface area contributed by atoms with Crippen LogP contribution < -0.4 is 10.2 Å². The number of hydrogen-bond acceptors (Lipinski definition) is 2. The van der Waals surface area contributed by atoms with Crippen LogP contribution in [0.4, 0.5) is 10.1 Å². The molecule has 0 radical (unpaired) electrons. The molecule has 1 N–H and O–H groups in total. The van der Waals surface area contributed by atoms with E-state index in [2.05, 4.69) is 5.32 Å². The maximum atomic E-state index is 13.0. The summed E-state index contributed by atoms with van der Waals surface area (Å²) < 4.78 is 13.0. The SMILES string of the molecule is CC(CNC(=O)CN1C(=O)C(C)(C)c2cc(Cl)ccc21)c1ccc(F)cc1. The molecule has 0 saturated heterocycles. The van der Waals surface area contributed by atoms with Crippen LogP contribution in [0.1, 0.15) is 37.8 Å². The standard InChI is InChI=1S/C21H22ClFN2O2/c1-13(14-4-7-16(23)8-5-14)11-24-19(26)12-25-18-9-6-15(22)10-17(18)21(2,3)20(25)27/h4-10,13H,11-12H2,1-3H3,(H,24,26). The van der Waals surface area contributed by atoms with Crippen molar-refractivity contribution in [3.8, 4) is 0 Å². The van der Waals surface area contributed by atoms with E-state index in [1.165, 1.54) is 17.0 Å². The van der Waals surface area contributed by atoms with Gasteiger partial charge in [-0.15, -0.1) is 0 Å². The van der Waals surface area contributed by atoms with Crippen molar-refractivity contribution < 1.29 is 14.0 Å². The summed E-state index contributed by atoms with van der Waals surface area (Å²) in [5.41, 5.74) is 1.76. The number of fused-ring (bicyclic) bond motifs is 1. The van der Waals surface area contributed by atoms with Gasteiger partial charge in [-0.05, 0) is 61.2 Å². The molecule has 1 aliphatic rings. The third kappa shape index (κ3) is 3.83. The van der Waals surface area contributed by atoms with Crippen LogP contribution in [-0.4, -0.2) is 24.9 Å². The number of rotatable bonds is 5. The molecule has 27 heavy (non-hydrogen) atoms. The molecule has 0 spiro atoms. The Kier molecular flexibility index (Phi) is 5.24. The van der Waals surface area contributed by atoms with Crippen LogP contribution in [0.15, 0.2) is 42.5 Å². The summed E-state index contributed by atoms with van der Waals surface area (Å²) in [6, 6.07) is 11.5. The molecule has 1 aliphatic heterocycles. The Hall–Kier alpha value is -2.40. The van der Waals surface area contributed by atoms with Crippen molar-refractivity contribution in [3.05, 3.63) is 64.4 Å². The van der Waals surface area contributed by atoms with Crippen molar-refractivity contribution in [1.29, 1.82) is 0 Å². The third-order valence-corrected chi connectivity index (χ3v) is 5.28. The minimum absolute atomic E-state index is 0.0337. The zero-order chi connectivity index (χ0) is 19.8. The van der Waals surface area contributed by atoms with Crippen molar-refractivity contribution in [2.75, 3.05) is 18.0 Å². The summed E-state index contributed by atoms with van der Waals surface area (Å²) >= 11 is 6.07. The molecule has 0 fully saturated rings. The second-order valence-corrected chi connectivity index (χ2v) is 7.87. The average molecular weight is 389 g/mol. The van der Waals surface area contributed by atoms with Gasteiger partial charge in [-0.25, -0.2) is 4.39 Å². The van der Waals surface area contributed by atoms with Gasteiger partial charge in [0.2, 0.25) is 11.8 Å². The average Bonchev–Trinajstić information content (AvgIpc) is 2.81. The quantitative estimate of drug-likeness (QED) is 0.840. The lowest BCUT2D eigenvalue weighted by Gasteiger charge is -2.20. The van der Waals surface area contributed by atoms with E-state index in [1.54, 1.807) is 30.3 Å². The van der Waals surface area contributed by atoms with Crippen molar-refractivity contribution in [2.45, 2.75) is 32.1 Å². The number of hydrogen-bond donors (Lipinski definition) is 1. The molecule has 2 amide bonds. The van der Waals surface area contributed by atoms with Crippen LogP contribution in [0.3, 0.4) is 0 Å². The van der Waals surface area contributed by atoms with Gasteiger partial charge in [0.25, 0.3) is 0 Å². The van der Waals surface area contributed by atoms with Gasteiger partial charge in [0.05, 0.1) is 5.41 Å². The van der Waals surface area contributed by atoms with Crippen LogP contribution in [0.2, 0.25) is 5.02 Å². The normalized spacial score (nSPS) is 16.2. The highest BCUT2D eigenvalue weighted by molar-refractivity contribution is 6.31. The molecule has 3 rings (SSSR count). The summed E-state index contributed by atoms with van der Waals surface area (Å²) in [5.74, 6) is -0.618. The van der Waals surface area contributed by atoms with Crippen LogP contribution >= 0.6 is 11.6 Å². The van der Waals surface area contributed by atoms with E-state index in [1.807, 2.05) is 20.8 Å². The molecule has 1 atom stereocenters. The predicted octanol–water partition coefficient (Wildman–Crippen LogP) is 4.02. The maximum Gasteiger partial charge on any atom is 0.240 e. The number of amides is 2. The number of carbonyl (C=O) groups is 2. The highest BCUT2D eigenvalue weighted by Gasteiger charge is 2.44. The first-order valence-electron chi connectivity index (χ1n) is 8.84. The molecule has 6 heteroatoms. The lowest BCUT2D eigenvalue weighted by Crippen LogP contribution is -2.43. The molecule has 142 valence electrons. The van der Waals surface area contributed by atoms with Crippen molar-refractivity contribution in [2.24, 2.45) is 0 Å². The van der Waals surface area contributed by atoms with Crippen LogP contribution in [-0.2, 0) is 15.0 Å². The summed E-state index contributed by atoms with van der Waals surface area (Å²) in [6.45, 7) is 5.98. The minimum atomic E-state index is -0.720. The van der Waals surface area contributed by atoms with Gasteiger partial charge >= 0.3 is 0 Å². The van der Waals surface area contributed by atoms with Gasteiger partial charge in [-0.3, -0.25) is 9.59 Å². The Morgan fingerprint density at radius 1 is 1.22 bits per heavy atom. The molecule has 4 nitrogen and oxygen atoms in total. The Bertz CT molecular complexity index is 880. The van der Waals surface area contributed by atoms with Gasteiger partial charge in [-0.1, -0.05) is 30.7 Å². The molecule has 0 bridgehead atoms. The lowest BCUT2D eigenvalue weighted by atomic mass is 9.86. The molecular formula is C21H22ClFN2O2. The summed E-state index contributed by atoms with van der Waals surface area (Å²) in [6.07, 6.45) is 0. The van der Waals surface area contributed by atoms with Crippen molar-refractivity contribution in [3.63, 3.8) is 0 Å².